The molecule has 7 nitrogen and oxygen atoms in total. The van der Waals surface area contributed by atoms with Crippen LogP contribution in [0.25, 0.3) is 0 Å². The van der Waals surface area contributed by atoms with E-state index in [0.29, 0.717) is 19.0 Å². The van der Waals surface area contributed by atoms with Gasteiger partial charge < -0.3 is 14.7 Å². The number of anilines is 2. The molecule has 0 radical (unpaired) electrons. The lowest BCUT2D eigenvalue weighted by Gasteiger charge is -2.35. The van der Waals surface area contributed by atoms with E-state index in [-0.39, 0.29) is 5.91 Å². The first-order valence-corrected chi connectivity index (χ1v) is 9.73. The average molecular weight is 366 g/mol. The van der Waals surface area contributed by atoms with Crippen LogP contribution in [0.4, 0.5) is 11.8 Å². The number of aromatic nitrogens is 3. The van der Waals surface area contributed by atoms with Crippen molar-refractivity contribution in [3.05, 3.63) is 42.4 Å². The van der Waals surface area contributed by atoms with Crippen molar-refractivity contribution in [3.8, 4) is 0 Å². The fourth-order valence-electron chi connectivity index (χ4n) is 3.87. The van der Waals surface area contributed by atoms with Crippen LogP contribution in [0.3, 0.4) is 0 Å². The van der Waals surface area contributed by atoms with E-state index in [4.69, 9.17) is 0 Å². The van der Waals surface area contributed by atoms with Gasteiger partial charge in [-0.15, -0.1) is 0 Å². The summed E-state index contributed by atoms with van der Waals surface area (Å²) in [5.74, 6) is 2.41. The second-order valence-electron chi connectivity index (χ2n) is 7.42. The van der Waals surface area contributed by atoms with Crippen LogP contribution in [0.5, 0.6) is 0 Å². The number of pyridine rings is 1. The standard InChI is InChI=1S/C20H26N6O/c1-16-4-2-9-26(15-16)18-14-17(5-8-21-18)19(27)24-10-12-25(13-11-24)20-22-6-3-7-23-20/h3,5-8,14,16H,2,4,9-13,15H2,1H3. The van der Waals surface area contributed by atoms with Crippen LogP contribution in [0.15, 0.2) is 36.8 Å². The molecular formula is C20H26N6O. The minimum absolute atomic E-state index is 0.0809. The van der Waals surface area contributed by atoms with Gasteiger partial charge in [0.15, 0.2) is 0 Å². The van der Waals surface area contributed by atoms with Gasteiger partial charge in [-0.05, 0) is 37.0 Å². The van der Waals surface area contributed by atoms with Crippen LogP contribution in [0.2, 0.25) is 0 Å². The predicted molar refractivity (Wildman–Crippen MR) is 105 cm³/mol. The molecule has 4 heterocycles. The van der Waals surface area contributed by atoms with Crippen molar-refractivity contribution in [3.63, 3.8) is 0 Å². The fourth-order valence-corrected chi connectivity index (χ4v) is 3.87. The Morgan fingerprint density at radius 1 is 1.00 bits per heavy atom. The lowest BCUT2D eigenvalue weighted by molar-refractivity contribution is 0.0746. The van der Waals surface area contributed by atoms with Gasteiger partial charge in [0.05, 0.1) is 0 Å². The summed E-state index contributed by atoms with van der Waals surface area (Å²) in [5.41, 5.74) is 0.725. The fraction of sp³-hybridized carbons (Fsp3) is 0.500. The maximum absolute atomic E-state index is 13.0. The zero-order valence-corrected chi connectivity index (χ0v) is 15.8. The van der Waals surface area contributed by atoms with E-state index < -0.39 is 0 Å². The van der Waals surface area contributed by atoms with Crippen molar-refractivity contribution >= 4 is 17.7 Å². The van der Waals surface area contributed by atoms with Crippen molar-refractivity contribution in [1.82, 2.24) is 19.9 Å². The molecule has 7 heteroatoms. The van der Waals surface area contributed by atoms with Crippen molar-refractivity contribution in [2.45, 2.75) is 19.8 Å². The van der Waals surface area contributed by atoms with E-state index in [9.17, 15) is 4.79 Å². The molecule has 142 valence electrons. The van der Waals surface area contributed by atoms with Crippen LogP contribution >= 0.6 is 0 Å². The summed E-state index contributed by atoms with van der Waals surface area (Å²) in [7, 11) is 0. The minimum Gasteiger partial charge on any atom is -0.356 e. The largest absolute Gasteiger partial charge is 0.356 e. The summed E-state index contributed by atoms with van der Waals surface area (Å²) < 4.78 is 0. The molecule has 2 aromatic heterocycles. The number of carbonyl (C=O) groups is 1. The molecule has 2 aliphatic rings. The molecule has 0 aromatic carbocycles. The van der Waals surface area contributed by atoms with Crippen molar-refractivity contribution in [2.75, 3.05) is 49.1 Å². The topological polar surface area (TPSA) is 65.5 Å². The van der Waals surface area contributed by atoms with Gasteiger partial charge in [0, 0.05) is 63.4 Å². The average Bonchev–Trinajstić information content (AvgIpc) is 2.74. The lowest BCUT2D eigenvalue weighted by atomic mass is 10.0. The normalized spacial score (nSPS) is 20.6. The van der Waals surface area contributed by atoms with Crippen LogP contribution in [0, 0.1) is 5.92 Å². The van der Waals surface area contributed by atoms with Crippen LogP contribution < -0.4 is 9.80 Å². The smallest absolute Gasteiger partial charge is 0.254 e. The summed E-state index contributed by atoms with van der Waals surface area (Å²) in [6.45, 7) is 7.15. The Bertz CT molecular complexity index is 775. The maximum Gasteiger partial charge on any atom is 0.254 e. The number of nitrogens with zero attached hydrogens (tertiary/aromatic N) is 6. The van der Waals surface area contributed by atoms with E-state index in [1.165, 1.54) is 12.8 Å². The van der Waals surface area contributed by atoms with Gasteiger partial charge in [-0.25, -0.2) is 15.0 Å². The highest BCUT2D eigenvalue weighted by atomic mass is 16.2. The third-order valence-electron chi connectivity index (χ3n) is 5.38. The van der Waals surface area contributed by atoms with E-state index >= 15 is 0 Å². The monoisotopic (exact) mass is 366 g/mol. The first-order valence-electron chi connectivity index (χ1n) is 9.73. The number of amides is 1. The quantitative estimate of drug-likeness (QED) is 0.829. The van der Waals surface area contributed by atoms with Gasteiger partial charge in [0.2, 0.25) is 5.95 Å². The highest BCUT2D eigenvalue weighted by Crippen LogP contribution is 2.22. The molecule has 0 spiro atoms. The summed E-state index contributed by atoms with van der Waals surface area (Å²) in [6.07, 6.45) is 7.71. The van der Waals surface area contributed by atoms with Gasteiger partial charge in [0.1, 0.15) is 5.82 Å². The Kier molecular flexibility index (Phi) is 5.18. The van der Waals surface area contributed by atoms with Gasteiger partial charge in [-0.1, -0.05) is 6.92 Å². The summed E-state index contributed by atoms with van der Waals surface area (Å²) in [6, 6.07) is 5.59. The molecule has 2 aliphatic heterocycles. The molecule has 0 saturated carbocycles. The van der Waals surface area contributed by atoms with Crippen molar-refractivity contribution in [1.29, 1.82) is 0 Å². The van der Waals surface area contributed by atoms with Crippen molar-refractivity contribution in [2.24, 2.45) is 5.92 Å². The maximum atomic E-state index is 13.0. The first kappa shape index (κ1) is 17.7. The number of piperidine rings is 1. The molecular weight excluding hydrogens is 340 g/mol. The number of carbonyl (C=O) groups excluding carboxylic acids is 1. The molecule has 1 amide bonds. The Morgan fingerprint density at radius 3 is 2.52 bits per heavy atom. The molecule has 1 atom stereocenters. The van der Waals surface area contributed by atoms with Gasteiger partial charge in [0.25, 0.3) is 5.91 Å². The molecule has 2 saturated heterocycles. The molecule has 0 aliphatic carbocycles. The molecule has 1 unspecified atom stereocenters. The Morgan fingerprint density at radius 2 is 1.78 bits per heavy atom. The van der Waals surface area contributed by atoms with Crippen LogP contribution in [-0.2, 0) is 0 Å². The zero-order valence-electron chi connectivity index (χ0n) is 15.8. The number of hydrogen-bond donors (Lipinski definition) is 0. The van der Waals surface area contributed by atoms with Crippen molar-refractivity contribution < 1.29 is 4.79 Å². The van der Waals surface area contributed by atoms with E-state index in [1.54, 1.807) is 18.6 Å². The Hall–Kier alpha value is -2.70. The first-order chi connectivity index (χ1) is 13.2. The molecule has 4 rings (SSSR count). The zero-order chi connectivity index (χ0) is 18.6. The lowest BCUT2D eigenvalue weighted by Crippen LogP contribution is -2.49. The van der Waals surface area contributed by atoms with E-state index in [1.807, 2.05) is 23.1 Å². The van der Waals surface area contributed by atoms with Gasteiger partial charge in [-0.2, -0.15) is 0 Å². The minimum atomic E-state index is 0.0809. The highest BCUT2D eigenvalue weighted by molar-refractivity contribution is 5.95. The third-order valence-corrected chi connectivity index (χ3v) is 5.38. The second kappa shape index (κ2) is 7.90. The molecule has 0 N–H and O–H groups in total. The molecule has 2 fully saturated rings. The number of piperazine rings is 1. The van der Waals surface area contributed by atoms with E-state index in [2.05, 4.69) is 31.7 Å². The van der Waals surface area contributed by atoms with E-state index in [0.717, 1.165) is 43.5 Å². The Balaban J connectivity index is 1.41. The Labute approximate surface area is 160 Å². The summed E-state index contributed by atoms with van der Waals surface area (Å²) >= 11 is 0. The van der Waals surface area contributed by atoms with Crippen LogP contribution in [0.1, 0.15) is 30.1 Å². The number of hydrogen-bond acceptors (Lipinski definition) is 6. The SMILES string of the molecule is CC1CCCN(c2cc(C(=O)N3CCN(c4ncccn4)CC3)ccn2)C1. The molecule has 27 heavy (non-hydrogen) atoms. The number of rotatable bonds is 3. The summed E-state index contributed by atoms with van der Waals surface area (Å²) in [5, 5.41) is 0. The third kappa shape index (κ3) is 4.02. The summed E-state index contributed by atoms with van der Waals surface area (Å²) in [4.78, 5) is 32.4. The van der Waals surface area contributed by atoms with Crippen LogP contribution in [-0.4, -0.2) is 65.0 Å². The van der Waals surface area contributed by atoms with Gasteiger partial charge >= 0.3 is 0 Å². The highest BCUT2D eigenvalue weighted by Gasteiger charge is 2.24. The molecule has 2 aromatic rings. The second-order valence-corrected chi connectivity index (χ2v) is 7.42. The van der Waals surface area contributed by atoms with Gasteiger partial charge in [-0.3, -0.25) is 4.79 Å². The predicted octanol–water partition coefficient (Wildman–Crippen LogP) is 2.07. The molecule has 0 bridgehead atoms.